The van der Waals surface area contributed by atoms with Gasteiger partial charge in [-0.2, -0.15) is 0 Å². The Kier molecular flexibility index (Phi) is 5.94. The highest BCUT2D eigenvalue weighted by molar-refractivity contribution is 6.30. The number of hydrogen-bond acceptors (Lipinski definition) is 2. The maximum atomic E-state index is 12.5. The largest absolute Gasteiger partial charge is 0.326 e. The number of amides is 2. The summed E-state index contributed by atoms with van der Waals surface area (Å²) in [5.41, 5.74) is 2.78. The highest BCUT2D eigenvalue weighted by Gasteiger charge is 2.35. The zero-order chi connectivity index (χ0) is 18.5. The maximum Gasteiger partial charge on any atom is 0.229 e. The van der Waals surface area contributed by atoms with Gasteiger partial charge in [0.2, 0.25) is 11.8 Å². The topological polar surface area (TPSA) is 49.4 Å². The molecule has 0 saturated carbocycles. The van der Waals surface area contributed by atoms with E-state index >= 15 is 0 Å². The number of rotatable bonds is 6. The van der Waals surface area contributed by atoms with Crippen LogP contribution in [-0.4, -0.2) is 18.4 Å². The van der Waals surface area contributed by atoms with E-state index < -0.39 is 0 Å². The van der Waals surface area contributed by atoms with Gasteiger partial charge in [0, 0.05) is 29.4 Å². The van der Waals surface area contributed by atoms with Crippen molar-refractivity contribution in [3.63, 3.8) is 0 Å². The summed E-state index contributed by atoms with van der Waals surface area (Å²) in [6, 6.07) is 15.1. The number of carbonyl (C=O) groups excluding carboxylic acids is 2. The molecule has 0 bridgehead atoms. The minimum absolute atomic E-state index is 0.0162. The molecule has 5 heteroatoms. The molecule has 2 aromatic rings. The number of anilines is 2. The van der Waals surface area contributed by atoms with Crippen molar-refractivity contribution >= 4 is 34.8 Å². The van der Waals surface area contributed by atoms with Crippen molar-refractivity contribution < 1.29 is 9.59 Å². The third kappa shape index (κ3) is 4.44. The average molecular weight is 371 g/mol. The van der Waals surface area contributed by atoms with E-state index in [4.69, 9.17) is 11.6 Å². The van der Waals surface area contributed by atoms with Crippen LogP contribution >= 0.6 is 11.6 Å². The smallest absolute Gasteiger partial charge is 0.229 e. The first kappa shape index (κ1) is 18.5. The molecular formula is C21H23ClN2O2. The van der Waals surface area contributed by atoms with Gasteiger partial charge in [0.25, 0.3) is 0 Å². The van der Waals surface area contributed by atoms with Crippen molar-refractivity contribution in [2.45, 2.75) is 32.6 Å². The molecule has 1 fully saturated rings. The predicted molar refractivity (Wildman–Crippen MR) is 106 cm³/mol. The molecule has 0 aromatic heterocycles. The number of unbranched alkanes of at least 4 members (excludes halogenated alkanes) is 1. The number of carbonyl (C=O) groups is 2. The Morgan fingerprint density at radius 3 is 2.69 bits per heavy atom. The third-order valence-corrected chi connectivity index (χ3v) is 4.89. The van der Waals surface area contributed by atoms with Crippen LogP contribution in [0.4, 0.5) is 11.4 Å². The van der Waals surface area contributed by atoms with Crippen LogP contribution in [0.1, 0.15) is 31.7 Å². The van der Waals surface area contributed by atoms with E-state index in [-0.39, 0.29) is 24.2 Å². The summed E-state index contributed by atoms with van der Waals surface area (Å²) in [7, 11) is 0. The van der Waals surface area contributed by atoms with Gasteiger partial charge in [-0.1, -0.05) is 43.1 Å². The molecule has 1 saturated heterocycles. The quantitative estimate of drug-likeness (QED) is 0.802. The molecule has 1 atom stereocenters. The lowest BCUT2D eigenvalue weighted by atomic mass is 10.1. The molecule has 0 spiro atoms. The molecule has 0 radical (unpaired) electrons. The molecule has 4 nitrogen and oxygen atoms in total. The van der Waals surface area contributed by atoms with Crippen LogP contribution in [0.25, 0.3) is 0 Å². The van der Waals surface area contributed by atoms with Gasteiger partial charge in [0.15, 0.2) is 0 Å². The monoisotopic (exact) mass is 370 g/mol. The molecule has 26 heavy (non-hydrogen) atoms. The van der Waals surface area contributed by atoms with E-state index in [1.807, 2.05) is 12.1 Å². The normalized spacial score (nSPS) is 16.8. The molecule has 2 amide bonds. The lowest BCUT2D eigenvalue weighted by Crippen LogP contribution is -2.28. The Labute approximate surface area is 159 Å². The molecular weight excluding hydrogens is 348 g/mol. The Morgan fingerprint density at radius 1 is 1.23 bits per heavy atom. The zero-order valence-electron chi connectivity index (χ0n) is 14.9. The fourth-order valence-electron chi connectivity index (χ4n) is 3.17. The number of aryl methyl sites for hydroxylation is 1. The van der Waals surface area contributed by atoms with Crippen molar-refractivity contribution in [1.29, 1.82) is 0 Å². The van der Waals surface area contributed by atoms with Crippen LogP contribution in [0.3, 0.4) is 0 Å². The SMILES string of the molecule is CCCCc1ccc(N2C[C@H](C(=O)Nc3cccc(Cl)c3)CC2=O)cc1. The number of nitrogens with one attached hydrogen (secondary N) is 1. The summed E-state index contributed by atoms with van der Waals surface area (Å²) < 4.78 is 0. The van der Waals surface area contributed by atoms with Crippen LogP contribution in [0, 0.1) is 5.92 Å². The molecule has 0 unspecified atom stereocenters. The van der Waals surface area contributed by atoms with Gasteiger partial charge in [-0.05, 0) is 48.7 Å². The number of nitrogens with zero attached hydrogens (tertiary/aromatic N) is 1. The van der Waals surface area contributed by atoms with Gasteiger partial charge in [0.05, 0.1) is 5.92 Å². The predicted octanol–water partition coefficient (Wildman–Crippen LogP) is 4.67. The number of hydrogen-bond donors (Lipinski definition) is 1. The maximum absolute atomic E-state index is 12.5. The first-order valence-electron chi connectivity index (χ1n) is 9.02. The minimum Gasteiger partial charge on any atom is -0.326 e. The lowest BCUT2D eigenvalue weighted by molar-refractivity contribution is -0.122. The van der Waals surface area contributed by atoms with Crippen LogP contribution in [-0.2, 0) is 16.0 Å². The molecule has 1 aliphatic rings. The zero-order valence-corrected chi connectivity index (χ0v) is 15.6. The molecule has 3 rings (SSSR count). The minimum atomic E-state index is -0.360. The van der Waals surface area contributed by atoms with Gasteiger partial charge in [-0.15, -0.1) is 0 Å². The van der Waals surface area contributed by atoms with Gasteiger partial charge < -0.3 is 10.2 Å². The first-order chi connectivity index (χ1) is 12.6. The fraction of sp³-hybridized carbons (Fsp3) is 0.333. The van der Waals surface area contributed by atoms with Crippen molar-refractivity contribution in [3.8, 4) is 0 Å². The van der Waals surface area contributed by atoms with E-state index in [0.29, 0.717) is 17.3 Å². The summed E-state index contributed by atoms with van der Waals surface area (Å²) in [5.74, 6) is -0.526. The Morgan fingerprint density at radius 2 is 2.00 bits per heavy atom. The summed E-state index contributed by atoms with van der Waals surface area (Å²) in [4.78, 5) is 26.6. The van der Waals surface area contributed by atoms with Crippen molar-refractivity contribution in [2.75, 3.05) is 16.8 Å². The highest BCUT2D eigenvalue weighted by atomic mass is 35.5. The lowest BCUT2D eigenvalue weighted by Gasteiger charge is -2.17. The highest BCUT2D eigenvalue weighted by Crippen LogP contribution is 2.27. The van der Waals surface area contributed by atoms with E-state index in [2.05, 4.69) is 24.4 Å². The van der Waals surface area contributed by atoms with Gasteiger partial charge >= 0.3 is 0 Å². The Balaban J connectivity index is 1.63. The van der Waals surface area contributed by atoms with E-state index in [1.165, 1.54) is 5.56 Å². The first-order valence-corrected chi connectivity index (χ1v) is 9.40. The van der Waals surface area contributed by atoms with Crippen LogP contribution < -0.4 is 10.2 Å². The number of benzene rings is 2. The van der Waals surface area contributed by atoms with Crippen molar-refractivity contribution in [1.82, 2.24) is 0 Å². The summed E-state index contributed by atoms with van der Waals surface area (Å²) in [5, 5.41) is 3.41. The van der Waals surface area contributed by atoms with Crippen molar-refractivity contribution in [2.24, 2.45) is 5.92 Å². The van der Waals surface area contributed by atoms with Gasteiger partial charge in [-0.3, -0.25) is 9.59 Å². The third-order valence-electron chi connectivity index (χ3n) is 4.65. The average Bonchev–Trinajstić information content (AvgIpc) is 3.02. The molecule has 136 valence electrons. The molecule has 1 N–H and O–H groups in total. The van der Waals surface area contributed by atoms with Gasteiger partial charge in [0.1, 0.15) is 0 Å². The molecule has 1 aliphatic heterocycles. The summed E-state index contributed by atoms with van der Waals surface area (Å²) in [6.07, 6.45) is 3.60. The van der Waals surface area contributed by atoms with Gasteiger partial charge in [-0.25, -0.2) is 0 Å². The second kappa shape index (κ2) is 8.37. The second-order valence-electron chi connectivity index (χ2n) is 6.67. The number of halogens is 1. The summed E-state index contributed by atoms with van der Waals surface area (Å²) >= 11 is 5.95. The Bertz CT molecular complexity index is 789. The standard InChI is InChI=1S/C21H23ClN2O2/c1-2-3-5-15-8-10-19(11-9-15)24-14-16(12-20(24)25)21(26)23-18-7-4-6-17(22)13-18/h4,6-11,13,16H,2-3,5,12,14H2,1H3,(H,23,26)/t16-/m1/s1. The molecule has 1 heterocycles. The summed E-state index contributed by atoms with van der Waals surface area (Å²) in [6.45, 7) is 2.57. The van der Waals surface area contributed by atoms with E-state index in [9.17, 15) is 9.59 Å². The van der Waals surface area contributed by atoms with E-state index in [1.54, 1.807) is 29.2 Å². The fourth-order valence-corrected chi connectivity index (χ4v) is 3.36. The second-order valence-corrected chi connectivity index (χ2v) is 7.11. The van der Waals surface area contributed by atoms with Crippen LogP contribution in [0.2, 0.25) is 5.02 Å². The van der Waals surface area contributed by atoms with Crippen LogP contribution in [0.15, 0.2) is 48.5 Å². The molecule has 0 aliphatic carbocycles. The van der Waals surface area contributed by atoms with E-state index in [0.717, 1.165) is 24.9 Å². The van der Waals surface area contributed by atoms with Crippen molar-refractivity contribution in [3.05, 3.63) is 59.1 Å². The Hall–Kier alpha value is -2.33. The molecule has 2 aromatic carbocycles. The van der Waals surface area contributed by atoms with Crippen LogP contribution in [0.5, 0.6) is 0 Å².